The maximum Gasteiger partial charge on any atom is 0.306 e. The minimum atomic E-state index is -1.55. The average Bonchev–Trinajstić information content (AvgIpc) is 3.10. The van der Waals surface area contributed by atoms with E-state index in [2.05, 4.69) is 62.5 Å². The molecule has 6 unspecified atom stereocenters. The monoisotopic (exact) mass is 692 g/mol. The summed E-state index contributed by atoms with van der Waals surface area (Å²) in [5, 5.41) is 39.9. The van der Waals surface area contributed by atoms with Gasteiger partial charge in [-0.15, -0.1) is 0 Å². The van der Waals surface area contributed by atoms with Crippen molar-refractivity contribution in [3.8, 4) is 0 Å². The summed E-state index contributed by atoms with van der Waals surface area (Å²) in [5.74, 6) is -0.399. The van der Waals surface area contributed by atoms with Crippen molar-refractivity contribution < 1.29 is 44.2 Å². The molecule has 9 nitrogen and oxygen atoms in total. The van der Waals surface area contributed by atoms with Gasteiger partial charge >= 0.3 is 5.97 Å². The lowest BCUT2D eigenvalue weighted by molar-refractivity contribution is -0.305. The van der Waals surface area contributed by atoms with Gasteiger partial charge in [-0.3, -0.25) is 4.79 Å². The van der Waals surface area contributed by atoms with Crippen LogP contribution in [0.15, 0.2) is 60.8 Å². The quantitative estimate of drug-likeness (QED) is 0.0351. The lowest BCUT2D eigenvalue weighted by Crippen LogP contribution is -2.59. The second kappa shape index (κ2) is 31.8. The van der Waals surface area contributed by atoms with Crippen molar-refractivity contribution in [2.24, 2.45) is 0 Å². The van der Waals surface area contributed by atoms with E-state index >= 15 is 0 Å². The summed E-state index contributed by atoms with van der Waals surface area (Å²) in [5.41, 5.74) is 0. The third-order valence-corrected chi connectivity index (χ3v) is 8.18. The van der Waals surface area contributed by atoms with E-state index in [1.807, 2.05) is 12.2 Å². The maximum absolute atomic E-state index is 12.6. The second-order valence-electron chi connectivity index (χ2n) is 12.6. The predicted molar refractivity (Wildman–Crippen MR) is 196 cm³/mol. The molecule has 0 radical (unpaired) electrons. The number of aliphatic hydroxyl groups is 4. The van der Waals surface area contributed by atoms with Gasteiger partial charge in [0.25, 0.3) is 0 Å². The summed E-state index contributed by atoms with van der Waals surface area (Å²) < 4.78 is 22.6. The van der Waals surface area contributed by atoms with Gasteiger partial charge in [0.05, 0.1) is 19.8 Å². The molecule has 0 aromatic rings. The number of ether oxygens (including phenoxy) is 4. The Bertz CT molecular complexity index is 927. The fourth-order valence-corrected chi connectivity index (χ4v) is 5.20. The number of unbranched alkanes of at least 4 members (excludes halogenated alkanes) is 9. The molecule has 282 valence electrons. The summed E-state index contributed by atoms with van der Waals surface area (Å²) in [6, 6.07) is 0. The zero-order valence-corrected chi connectivity index (χ0v) is 30.4. The molecule has 1 fully saturated rings. The van der Waals surface area contributed by atoms with E-state index < -0.39 is 49.4 Å². The highest BCUT2D eigenvalue weighted by molar-refractivity contribution is 5.69. The van der Waals surface area contributed by atoms with Crippen LogP contribution < -0.4 is 0 Å². The predicted octanol–water partition coefficient (Wildman–Crippen LogP) is 7.18. The second-order valence-corrected chi connectivity index (χ2v) is 12.6. The molecule has 49 heavy (non-hydrogen) atoms. The van der Waals surface area contributed by atoms with Gasteiger partial charge in [-0.05, 0) is 64.2 Å². The highest BCUT2D eigenvalue weighted by Gasteiger charge is 2.44. The van der Waals surface area contributed by atoms with Crippen LogP contribution in [0.4, 0.5) is 0 Å². The van der Waals surface area contributed by atoms with E-state index in [9.17, 15) is 25.2 Å². The Morgan fingerprint density at radius 1 is 0.673 bits per heavy atom. The molecule has 0 saturated carbocycles. The van der Waals surface area contributed by atoms with Crippen LogP contribution in [-0.4, -0.2) is 89.6 Å². The third-order valence-electron chi connectivity index (χ3n) is 8.18. The number of allylic oxidation sites excluding steroid dienone is 10. The first-order chi connectivity index (χ1) is 23.9. The molecule has 0 bridgehead atoms. The number of esters is 1. The van der Waals surface area contributed by atoms with E-state index in [0.717, 1.165) is 51.4 Å². The van der Waals surface area contributed by atoms with Gasteiger partial charge in [-0.25, -0.2) is 0 Å². The van der Waals surface area contributed by atoms with Crippen LogP contribution in [0.25, 0.3) is 0 Å². The van der Waals surface area contributed by atoms with Crippen molar-refractivity contribution in [2.75, 3.05) is 26.4 Å². The molecule has 1 rings (SSSR count). The van der Waals surface area contributed by atoms with Crippen molar-refractivity contribution in [2.45, 2.75) is 160 Å². The van der Waals surface area contributed by atoms with Crippen LogP contribution in [0.2, 0.25) is 0 Å². The number of carbonyl (C=O) groups is 1. The minimum absolute atomic E-state index is 0.109. The molecule has 6 atom stereocenters. The van der Waals surface area contributed by atoms with Crippen LogP contribution >= 0.6 is 0 Å². The molecule has 0 aliphatic carbocycles. The van der Waals surface area contributed by atoms with E-state index in [4.69, 9.17) is 18.9 Å². The van der Waals surface area contributed by atoms with Gasteiger partial charge in [0.15, 0.2) is 6.29 Å². The molecule has 1 aliphatic heterocycles. The van der Waals surface area contributed by atoms with Gasteiger partial charge in [0.2, 0.25) is 0 Å². The van der Waals surface area contributed by atoms with Crippen LogP contribution in [0.1, 0.15) is 123 Å². The molecule has 4 N–H and O–H groups in total. The zero-order chi connectivity index (χ0) is 35.8. The summed E-state index contributed by atoms with van der Waals surface area (Å²) >= 11 is 0. The average molecular weight is 693 g/mol. The lowest BCUT2D eigenvalue weighted by atomic mass is 9.99. The maximum atomic E-state index is 12.6. The van der Waals surface area contributed by atoms with Crippen molar-refractivity contribution in [3.63, 3.8) is 0 Å². The number of rotatable bonds is 30. The Morgan fingerprint density at radius 2 is 1.24 bits per heavy atom. The van der Waals surface area contributed by atoms with Gasteiger partial charge in [0.1, 0.15) is 30.5 Å². The summed E-state index contributed by atoms with van der Waals surface area (Å²) in [4.78, 5) is 12.6. The third kappa shape index (κ3) is 23.8. The SMILES string of the molecule is CC/C=C\C/C=C\C/C=C\C/C=C\CCC(=O)OC(COCCCCCCCC/C=C\CCCCC)COC1OC(CO)C(O)C(O)C1O. The number of hydrogen-bond donors (Lipinski definition) is 4. The Labute approximate surface area is 296 Å². The molecule has 0 aromatic heterocycles. The van der Waals surface area contributed by atoms with E-state index in [1.165, 1.54) is 44.9 Å². The van der Waals surface area contributed by atoms with Crippen LogP contribution in [0.3, 0.4) is 0 Å². The van der Waals surface area contributed by atoms with E-state index in [-0.39, 0.29) is 19.6 Å². The lowest BCUT2D eigenvalue weighted by Gasteiger charge is -2.39. The van der Waals surface area contributed by atoms with Gasteiger partial charge in [-0.1, -0.05) is 113 Å². The Kier molecular flexibility index (Phi) is 29.2. The Balaban J connectivity index is 2.41. The zero-order valence-electron chi connectivity index (χ0n) is 30.4. The molecule has 0 spiro atoms. The highest BCUT2D eigenvalue weighted by Crippen LogP contribution is 2.22. The molecule has 0 amide bonds. The summed E-state index contributed by atoms with van der Waals surface area (Å²) in [6.45, 7) is 4.28. The first-order valence-corrected chi connectivity index (χ1v) is 18.9. The molecule has 1 saturated heterocycles. The van der Waals surface area contributed by atoms with Crippen molar-refractivity contribution >= 4 is 5.97 Å². The first-order valence-electron chi connectivity index (χ1n) is 18.9. The normalized spacial score (nSPS) is 22.4. The highest BCUT2D eigenvalue weighted by atomic mass is 16.7. The summed E-state index contributed by atoms with van der Waals surface area (Å²) in [7, 11) is 0. The van der Waals surface area contributed by atoms with Gasteiger partial charge in [0, 0.05) is 13.0 Å². The number of aliphatic hydroxyl groups excluding tert-OH is 4. The van der Waals surface area contributed by atoms with Crippen molar-refractivity contribution in [1.29, 1.82) is 0 Å². The van der Waals surface area contributed by atoms with E-state index in [1.54, 1.807) is 0 Å². The summed E-state index contributed by atoms with van der Waals surface area (Å²) in [6.07, 6.45) is 31.2. The van der Waals surface area contributed by atoms with Gasteiger partial charge in [-0.2, -0.15) is 0 Å². The number of hydrogen-bond acceptors (Lipinski definition) is 9. The first kappa shape index (κ1) is 44.9. The van der Waals surface area contributed by atoms with Crippen LogP contribution in [0, 0.1) is 0 Å². The van der Waals surface area contributed by atoms with Gasteiger partial charge < -0.3 is 39.4 Å². The van der Waals surface area contributed by atoms with Crippen molar-refractivity contribution in [3.05, 3.63) is 60.8 Å². The fraction of sp³-hybridized carbons (Fsp3) is 0.725. The van der Waals surface area contributed by atoms with Crippen LogP contribution in [0.5, 0.6) is 0 Å². The molecular formula is C40H68O9. The molecule has 1 aliphatic rings. The topological polar surface area (TPSA) is 135 Å². The standard InChI is InChI=1S/C40H68O9/c1-3-5-7-9-11-13-15-17-19-21-23-25-27-29-36(42)48-34(33-47-40-39(45)38(44)37(43)35(31-41)49-40)32-46-30-28-26-24-22-20-18-16-14-12-10-8-6-4-2/h5,7,11-14,17,19,23,25,34-35,37-41,43-45H,3-4,6,8-10,15-16,18,20-22,24,26-33H2,1-2H3/b7-5-,13-11-,14-12-,19-17-,25-23-. The van der Waals surface area contributed by atoms with Crippen molar-refractivity contribution in [1.82, 2.24) is 0 Å². The largest absolute Gasteiger partial charge is 0.457 e. The fourth-order valence-electron chi connectivity index (χ4n) is 5.20. The molecule has 9 heteroatoms. The molecule has 0 aromatic carbocycles. The van der Waals surface area contributed by atoms with Crippen LogP contribution in [-0.2, 0) is 23.7 Å². The Morgan fingerprint density at radius 3 is 1.88 bits per heavy atom. The Hall–Kier alpha value is -2.11. The molecular weight excluding hydrogens is 624 g/mol. The number of carbonyl (C=O) groups excluding carboxylic acids is 1. The minimum Gasteiger partial charge on any atom is -0.457 e. The molecule has 1 heterocycles. The smallest absolute Gasteiger partial charge is 0.306 e. The van der Waals surface area contributed by atoms with E-state index in [0.29, 0.717) is 13.0 Å².